The van der Waals surface area contributed by atoms with Gasteiger partial charge in [0, 0.05) is 10.2 Å². The van der Waals surface area contributed by atoms with Crippen molar-refractivity contribution in [3.05, 3.63) is 52.5 Å². The fraction of sp³-hybridized carbons (Fsp3) is 0.222. The summed E-state index contributed by atoms with van der Waals surface area (Å²) in [5, 5.41) is 15.2. The Balaban J connectivity index is 1.69. The Morgan fingerprint density at radius 1 is 1.30 bits per heavy atom. The number of aromatic nitrogens is 4. The van der Waals surface area contributed by atoms with Crippen molar-refractivity contribution < 1.29 is 9.53 Å². The number of benzene rings is 2. The van der Waals surface area contributed by atoms with Crippen molar-refractivity contribution in [2.24, 2.45) is 0 Å². The van der Waals surface area contributed by atoms with Gasteiger partial charge in [-0.3, -0.25) is 4.79 Å². The van der Waals surface area contributed by atoms with Gasteiger partial charge >= 0.3 is 0 Å². The number of thioether (sulfide) groups is 1. The summed E-state index contributed by atoms with van der Waals surface area (Å²) >= 11 is 4.68. The van der Waals surface area contributed by atoms with Crippen LogP contribution in [0.3, 0.4) is 0 Å². The van der Waals surface area contributed by atoms with Crippen molar-refractivity contribution >= 4 is 39.3 Å². The molecule has 0 aliphatic heterocycles. The highest BCUT2D eigenvalue weighted by Gasteiger charge is 2.15. The van der Waals surface area contributed by atoms with Crippen LogP contribution in [0.5, 0.6) is 5.75 Å². The number of nitrogens with zero attached hydrogens (tertiary/aromatic N) is 4. The van der Waals surface area contributed by atoms with Crippen molar-refractivity contribution in [3.63, 3.8) is 0 Å². The topological polar surface area (TPSA) is 81.9 Å². The zero-order valence-corrected chi connectivity index (χ0v) is 17.2. The van der Waals surface area contributed by atoms with Crippen LogP contribution in [-0.4, -0.2) is 38.5 Å². The monoisotopic (exact) mass is 447 g/mol. The summed E-state index contributed by atoms with van der Waals surface area (Å²) in [6.07, 6.45) is 0. The number of hydrogen-bond acceptors (Lipinski definition) is 6. The standard InChI is InChI=1S/C18H18BrN5O2S/c1-3-26-16-7-5-4-6-15(16)24-18(21-22-23-24)27-11-17(25)20-14-9-8-13(19)10-12(14)2/h4-10H,3,11H2,1-2H3,(H,20,25). The molecule has 0 radical (unpaired) electrons. The minimum atomic E-state index is -0.127. The third-order valence-electron chi connectivity index (χ3n) is 3.63. The number of carbonyl (C=O) groups excluding carboxylic acids is 1. The smallest absolute Gasteiger partial charge is 0.234 e. The van der Waals surface area contributed by atoms with Gasteiger partial charge in [-0.15, -0.1) is 5.10 Å². The lowest BCUT2D eigenvalue weighted by atomic mass is 10.2. The van der Waals surface area contributed by atoms with E-state index in [1.165, 1.54) is 11.8 Å². The largest absolute Gasteiger partial charge is 0.492 e. The van der Waals surface area contributed by atoms with Crippen LogP contribution in [0.1, 0.15) is 12.5 Å². The molecule has 1 heterocycles. The average Bonchev–Trinajstić information content (AvgIpc) is 3.11. The van der Waals surface area contributed by atoms with Gasteiger partial charge in [-0.1, -0.05) is 39.8 Å². The van der Waals surface area contributed by atoms with E-state index in [-0.39, 0.29) is 11.7 Å². The van der Waals surface area contributed by atoms with E-state index in [2.05, 4.69) is 36.8 Å². The number of amides is 1. The van der Waals surface area contributed by atoms with Crippen LogP contribution >= 0.6 is 27.7 Å². The van der Waals surface area contributed by atoms with E-state index in [9.17, 15) is 4.79 Å². The number of aryl methyl sites for hydroxylation is 1. The van der Waals surface area contributed by atoms with Crippen LogP contribution < -0.4 is 10.1 Å². The van der Waals surface area contributed by atoms with Gasteiger partial charge in [0.25, 0.3) is 0 Å². The van der Waals surface area contributed by atoms with E-state index in [1.54, 1.807) is 4.68 Å². The van der Waals surface area contributed by atoms with Crippen LogP contribution in [0.4, 0.5) is 5.69 Å². The predicted octanol–water partition coefficient (Wildman–Crippen LogP) is 3.86. The second-order valence-electron chi connectivity index (χ2n) is 5.57. The molecule has 1 amide bonds. The summed E-state index contributed by atoms with van der Waals surface area (Å²) in [7, 11) is 0. The first-order valence-corrected chi connectivity index (χ1v) is 10.1. The van der Waals surface area contributed by atoms with Gasteiger partial charge in [-0.05, 0) is 60.2 Å². The number of rotatable bonds is 7. The molecule has 0 spiro atoms. The first-order chi connectivity index (χ1) is 13.1. The second kappa shape index (κ2) is 9.01. The number of halogens is 1. The van der Waals surface area contributed by atoms with Gasteiger partial charge < -0.3 is 10.1 Å². The Morgan fingerprint density at radius 3 is 2.89 bits per heavy atom. The molecule has 1 aromatic heterocycles. The van der Waals surface area contributed by atoms with Crippen LogP contribution in [-0.2, 0) is 4.79 Å². The molecular weight excluding hydrogens is 430 g/mol. The first kappa shape index (κ1) is 19.4. The number of anilines is 1. The molecule has 3 aromatic rings. The van der Waals surface area contributed by atoms with E-state index in [0.717, 1.165) is 21.4 Å². The highest BCUT2D eigenvalue weighted by Crippen LogP contribution is 2.26. The molecule has 9 heteroatoms. The predicted molar refractivity (Wildman–Crippen MR) is 109 cm³/mol. The maximum atomic E-state index is 12.3. The van der Waals surface area contributed by atoms with Gasteiger partial charge in [-0.2, -0.15) is 4.68 Å². The van der Waals surface area contributed by atoms with Gasteiger partial charge in [0.15, 0.2) is 0 Å². The van der Waals surface area contributed by atoms with Gasteiger partial charge in [-0.25, -0.2) is 0 Å². The molecule has 27 heavy (non-hydrogen) atoms. The molecule has 0 bridgehead atoms. The lowest BCUT2D eigenvalue weighted by molar-refractivity contribution is -0.113. The minimum Gasteiger partial charge on any atom is -0.492 e. The molecule has 2 aromatic carbocycles. The Labute approximate surface area is 169 Å². The number of tetrazole rings is 1. The highest BCUT2D eigenvalue weighted by molar-refractivity contribution is 9.10. The molecule has 0 aliphatic carbocycles. The van der Waals surface area contributed by atoms with E-state index in [0.29, 0.717) is 17.5 Å². The van der Waals surface area contributed by atoms with Crippen molar-refractivity contribution in [2.75, 3.05) is 17.7 Å². The molecule has 3 rings (SSSR count). The third-order valence-corrected chi connectivity index (χ3v) is 5.04. The SMILES string of the molecule is CCOc1ccccc1-n1nnnc1SCC(=O)Nc1ccc(Br)cc1C. The van der Waals surface area contributed by atoms with Crippen LogP contribution in [0, 0.1) is 6.92 Å². The molecule has 0 saturated heterocycles. The zero-order chi connectivity index (χ0) is 19.2. The van der Waals surface area contributed by atoms with E-state index in [1.807, 2.05) is 56.3 Å². The Hall–Kier alpha value is -2.39. The molecule has 0 fully saturated rings. The van der Waals surface area contributed by atoms with E-state index in [4.69, 9.17) is 4.74 Å². The van der Waals surface area contributed by atoms with Crippen molar-refractivity contribution in [2.45, 2.75) is 19.0 Å². The average molecular weight is 448 g/mol. The van der Waals surface area contributed by atoms with Gasteiger partial charge in [0.2, 0.25) is 11.1 Å². The molecule has 140 valence electrons. The molecule has 0 saturated carbocycles. The molecule has 1 N–H and O–H groups in total. The second-order valence-corrected chi connectivity index (χ2v) is 7.43. The van der Waals surface area contributed by atoms with E-state index < -0.39 is 0 Å². The molecule has 0 unspecified atom stereocenters. The highest BCUT2D eigenvalue weighted by atomic mass is 79.9. The summed E-state index contributed by atoms with van der Waals surface area (Å²) in [6.45, 7) is 4.40. The summed E-state index contributed by atoms with van der Waals surface area (Å²) in [5.41, 5.74) is 2.50. The quantitative estimate of drug-likeness (QED) is 0.553. The summed E-state index contributed by atoms with van der Waals surface area (Å²) in [6, 6.07) is 13.2. The summed E-state index contributed by atoms with van der Waals surface area (Å²) in [4.78, 5) is 12.3. The molecule has 7 nitrogen and oxygen atoms in total. The number of carbonyl (C=O) groups is 1. The van der Waals surface area contributed by atoms with Crippen molar-refractivity contribution in [1.82, 2.24) is 20.2 Å². The Bertz CT molecular complexity index is 947. The minimum absolute atomic E-state index is 0.127. The zero-order valence-electron chi connectivity index (χ0n) is 14.8. The number of hydrogen-bond donors (Lipinski definition) is 1. The number of para-hydroxylation sites is 2. The van der Waals surface area contributed by atoms with Crippen LogP contribution in [0.15, 0.2) is 52.1 Å². The summed E-state index contributed by atoms with van der Waals surface area (Å²) in [5.74, 6) is 0.745. The molecule has 0 aliphatic rings. The van der Waals surface area contributed by atoms with E-state index >= 15 is 0 Å². The van der Waals surface area contributed by atoms with Crippen LogP contribution in [0.2, 0.25) is 0 Å². The lowest BCUT2D eigenvalue weighted by Crippen LogP contribution is -2.15. The fourth-order valence-electron chi connectivity index (χ4n) is 2.41. The Kier molecular flexibility index (Phi) is 6.46. The van der Waals surface area contributed by atoms with Gasteiger partial charge in [0.1, 0.15) is 11.4 Å². The third kappa shape index (κ3) is 4.86. The molecular formula is C18H18BrN5O2S. The maximum absolute atomic E-state index is 12.3. The lowest BCUT2D eigenvalue weighted by Gasteiger charge is -2.11. The molecule has 0 atom stereocenters. The Morgan fingerprint density at radius 2 is 2.11 bits per heavy atom. The number of ether oxygens (including phenoxy) is 1. The van der Waals surface area contributed by atoms with Crippen molar-refractivity contribution in [3.8, 4) is 11.4 Å². The normalized spacial score (nSPS) is 10.6. The maximum Gasteiger partial charge on any atom is 0.234 e. The van der Waals surface area contributed by atoms with Crippen LogP contribution in [0.25, 0.3) is 5.69 Å². The fourth-order valence-corrected chi connectivity index (χ4v) is 3.57. The van der Waals surface area contributed by atoms with Crippen molar-refractivity contribution in [1.29, 1.82) is 0 Å². The summed E-state index contributed by atoms with van der Waals surface area (Å²) < 4.78 is 8.18. The van der Waals surface area contributed by atoms with Gasteiger partial charge in [0.05, 0.1) is 12.4 Å². The first-order valence-electron chi connectivity index (χ1n) is 8.28. The number of nitrogens with one attached hydrogen (secondary N) is 1.